The van der Waals surface area contributed by atoms with Crippen molar-refractivity contribution in [1.82, 2.24) is 4.57 Å². The third-order valence-electron chi connectivity index (χ3n) is 2.72. The SMILES string of the molecule is Cc1cc2c(F)c(CON)ccc2n1C. The highest BCUT2D eigenvalue weighted by Gasteiger charge is 2.10. The Bertz CT molecular complexity index is 505. The fraction of sp³-hybridized carbons (Fsp3) is 0.273. The van der Waals surface area contributed by atoms with E-state index in [2.05, 4.69) is 4.84 Å². The number of benzene rings is 1. The van der Waals surface area contributed by atoms with E-state index in [0.717, 1.165) is 11.2 Å². The molecule has 0 spiro atoms. The van der Waals surface area contributed by atoms with Crippen molar-refractivity contribution in [2.24, 2.45) is 12.9 Å². The Morgan fingerprint density at radius 3 is 2.87 bits per heavy atom. The molecule has 0 fully saturated rings. The van der Waals surface area contributed by atoms with Gasteiger partial charge in [0.1, 0.15) is 5.82 Å². The monoisotopic (exact) mass is 208 g/mol. The number of rotatable bonds is 2. The number of aromatic nitrogens is 1. The molecule has 3 nitrogen and oxygen atoms in total. The van der Waals surface area contributed by atoms with Gasteiger partial charge in [-0.25, -0.2) is 10.3 Å². The maximum atomic E-state index is 13.9. The van der Waals surface area contributed by atoms with Crippen LogP contribution in [0.1, 0.15) is 11.3 Å². The molecule has 1 aromatic heterocycles. The topological polar surface area (TPSA) is 40.2 Å². The van der Waals surface area contributed by atoms with Crippen LogP contribution in [0, 0.1) is 12.7 Å². The van der Waals surface area contributed by atoms with Gasteiger partial charge in [-0.1, -0.05) is 6.07 Å². The van der Waals surface area contributed by atoms with Crippen LogP contribution in [0.15, 0.2) is 18.2 Å². The van der Waals surface area contributed by atoms with Gasteiger partial charge in [0.25, 0.3) is 0 Å². The number of nitrogens with two attached hydrogens (primary N) is 1. The molecule has 0 atom stereocenters. The van der Waals surface area contributed by atoms with Crippen LogP contribution in [0.25, 0.3) is 10.9 Å². The van der Waals surface area contributed by atoms with Crippen LogP contribution in [0.5, 0.6) is 0 Å². The molecule has 0 amide bonds. The van der Waals surface area contributed by atoms with Crippen LogP contribution < -0.4 is 5.90 Å². The first-order valence-corrected chi connectivity index (χ1v) is 4.70. The number of fused-ring (bicyclic) bond motifs is 1. The van der Waals surface area contributed by atoms with Gasteiger partial charge in [-0.3, -0.25) is 4.84 Å². The number of aryl methyl sites for hydroxylation is 2. The molecule has 0 bridgehead atoms. The van der Waals surface area contributed by atoms with E-state index in [-0.39, 0.29) is 12.4 Å². The first-order valence-electron chi connectivity index (χ1n) is 4.70. The van der Waals surface area contributed by atoms with Gasteiger partial charge in [-0.05, 0) is 19.1 Å². The molecule has 2 rings (SSSR count). The molecular weight excluding hydrogens is 195 g/mol. The Hall–Kier alpha value is -1.39. The van der Waals surface area contributed by atoms with Crippen LogP contribution in [-0.4, -0.2) is 4.57 Å². The summed E-state index contributed by atoms with van der Waals surface area (Å²) in [6.45, 7) is 2.04. The highest BCUT2D eigenvalue weighted by atomic mass is 19.1. The van der Waals surface area contributed by atoms with Crippen molar-refractivity contribution in [3.8, 4) is 0 Å². The summed E-state index contributed by atoms with van der Waals surface area (Å²) in [7, 11) is 1.91. The van der Waals surface area contributed by atoms with Crippen molar-refractivity contribution in [2.45, 2.75) is 13.5 Å². The Morgan fingerprint density at radius 2 is 2.20 bits per heavy atom. The number of hydrogen-bond donors (Lipinski definition) is 1. The van der Waals surface area contributed by atoms with E-state index in [1.54, 1.807) is 6.07 Å². The van der Waals surface area contributed by atoms with Crippen molar-refractivity contribution >= 4 is 10.9 Å². The highest BCUT2D eigenvalue weighted by Crippen LogP contribution is 2.24. The lowest BCUT2D eigenvalue weighted by atomic mass is 10.1. The molecule has 1 heterocycles. The second-order valence-electron chi connectivity index (χ2n) is 3.63. The summed E-state index contributed by atoms with van der Waals surface area (Å²) in [5.41, 5.74) is 2.39. The predicted octanol–water partition coefficient (Wildman–Crippen LogP) is 2.02. The first-order chi connectivity index (χ1) is 7.15. The summed E-state index contributed by atoms with van der Waals surface area (Å²) in [6.07, 6.45) is 0. The van der Waals surface area contributed by atoms with E-state index in [9.17, 15) is 4.39 Å². The third kappa shape index (κ3) is 1.52. The van der Waals surface area contributed by atoms with Gasteiger partial charge >= 0.3 is 0 Å². The summed E-state index contributed by atoms with van der Waals surface area (Å²) in [5, 5.41) is 0.615. The molecule has 0 saturated heterocycles. The van der Waals surface area contributed by atoms with E-state index in [1.807, 2.05) is 30.7 Å². The van der Waals surface area contributed by atoms with E-state index < -0.39 is 0 Å². The van der Waals surface area contributed by atoms with Gasteiger partial charge in [0.2, 0.25) is 0 Å². The lowest BCUT2D eigenvalue weighted by Gasteiger charge is -2.03. The largest absolute Gasteiger partial charge is 0.348 e. The summed E-state index contributed by atoms with van der Waals surface area (Å²) in [4.78, 5) is 4.45. The number of nitrogens with zero attached hydrogens (tertiary/aromatic N) is 1. The molecule has 0 aliphatic carbocycles. The molecule has 2 aromatic rings. The van der Waals surface area contributed by atoms with Crippen LogP contribution in [0.2, 0.25) is 0 Å². The lowest BCUT2D eigenvalue weighted by Crippen LogP contribution is -2.01. The molecule has 0 unspecified atom stereocenters. The van der Waals surface area contributed by atoms with Gasteiger partial charge in [0.15, 0.2) is 0 Å². The predicted molar refractivity (Wildman–Crippen MR) is 56.6 cm³/mol. The van der Waals surface area contributed by atoms with Crippen molar-refractivity contribution < 1.29 is 9.23 Å². The third-order valence-corrected chi connectivity index (χ3v) is 2.72. The fourth-order valence-electron chi connectivity index (χ4n) is 1.75. The Labute approximate surface area is 87.2 Å². The van der Waals surface area contributed by atoms with Gasteiger partial charge in [-0.15, -0.1) is 0 Å². The van der Waals surface area contributed by atoms with E-state index in [0.29, 0.717) is 10.9 Å². The highest BCUT2D eigenvalue weighted by molar-refractivity contribution is 5.82. The zero-order chi connectivity index (χ0) is 11.0. The van der Waals surface area contributed by atoms with Gasteiger partial charge in [-0.2, -0.15) is 0 Å². The van der Waals surface area contributed by atoms with E-state index >= 15 is 0 Å². The maximum absolute atomic E-state index is 13.9. The second kappa shape index (κ2) is 3.64. The average molecular weight is 208 g/mol. The molecule has 0 aliphatic rings. The van der Waals surface area contributed by atoms with Crippen LogP contribution >= 0.6 is 0 Å². The van der Waals surface area contributed by atoms with Crippen molar-refractivity contribution in [2.75, 3.05) is 0 Å². The van der Waals surface area contributed by atoms with E-state index in [4.69, 9.17) is 5.90 Å². The molecule has 0 radical (unpaired) electrons. The standard InChI is InChI=1S/C11H13FN2O/c1-7-5-9-10(14(7)2)4-3-8(6-15-13)11(9)12/h3-5H,6,13H2,1-2H3. The Balaban J connectivity index is 2.68. The van der Waals surface area contributed by atoms with E-state index in [1.165, 1.54) is 0 Å². The Morgan fingerprint density at radius 1 is 1.47 bits per heavy atom. The molecular formula is C11H13FN2O. The first kappa shape index (κ1) is 10.1. The lowest BCUT2D eigenvalue weighted by molar-refractivity contribution is 0.122. The smallest absolute Gasteiger partial charge is 0.138 e. The maximum Gasteiger partial charge on any atom is 0.138 e. The molecule has 1 aromatic carbocycles. The molecule has 2 N–H and O–H groups in total. The average Bonchev–Trinajstić information content (AvgIpc) is 2.50. The minimum absolute atomic E-state index is 0.0930. The normalized spacial score (nSPS) is 11.2. The van der Waals surface area contributed by atoms with Gasteiger partial charge in [0, 0.05) is 23.7 Å². The molecule has 0 saturated carbocycles. The van der Waals surface area contributed by atoms with Crippen LogP contribution in [0.4, 0.5) is 4.39 Å². The Kier molecular flexibility index (Phi) is 2.46. The zero-order valence-corrected chi connectivity index (χ0v) is 8.75. The minimum atomic E-state index is -0.248. The van der Waals surface area contributed by atoms with Crippen molar-refractivity contribution in [1.29, 1.82) is 0 Å². The zero-order valence-electron chi connectivity index (χ0n) is 8.75. The van der Waals surface area contributed by atoms with Crippen LogP contribution in [-0.2, 0) is 18.5 Å². The quantitative estimate of drug-likeness (QED) is 0.767. The van der Waals surface area contributed by atoms with Crippen molar-refractivity contribution in [3.05, 3.63) is 35.3 Å². The van der Waals surface area contributed by atoms with Gasteiger partial charge in [0.05, 0.1) is 12.1 Å². The molecule has 80 valence electrons. The number of halogens is 1. The summed E-state index contributed by atoms with van der Waals surface area (Å²) in [5.74, 6) is 4.69. The minimum Gasteiger partial charge on any atom is -0.348 e. The summed E-state index contributed by atoms with van der Waals surface area (Å²) < 4.78 is 15.9. The van der Waals surface area contributed by atoms with Gasteiger partial charge < -0.3 is 4.57 Å². The summed E-state index contributed by atoms with van der Waals surface area (Å²) >= 11 is 0. The number of hydrogen-bond acceptors (Lipinski definition) is 2. The molecule has 15 heavy (non-hydrogen) atoms. The van der Waals surface area contributed by atoms with Crippen LogP contribution in [0.3, 0.4) is 0 Å². The van der Waals surface area contributed by atoms with Crippen molar-refractivity contribution in [3.63, 3.8) is 0 Å². The fourth-order valence-corrected chi connectivity index (χ4v) is 1.75. The summed E-state index contributed by atoms with van der Waals surface area (Å²) in [6, 6.07) is 5.40. The molecule has 0 aliphatic heterocycles. The molecule has 4 heteroatoms. The second-order valence-corrected chi connectivity index (χ2v) is 3.63.